The summed E-state index contributed by atoms with van der Waals surface area (Å²) in [7, 11) is 0. The van der Waals surface area contributed by atoms with Crippen LogP contribution in [0.5, 0.6) is 0 Å². The number of esters is 1. The highest BCUT2D eigenvalue weighted by molar-refractivity contribution is 5.66. The number of aliphatic hydroxyl groups is 2. The second kappa shape index (κ2) is 4.58. The molecule has 128 valence electrons. The molecule has 3 fully saturated rings. The van der Waals surface area contributed by atoms with Crippen molar-refractivity contribution in [3.05, 3.63) is 11.6 Å². The Morgan fingerprint density at radius 2 is 2.09 bits per heavy atom. The molecule has 2 bridgehead atoms. The molecule has 4 rings (SSSR count). The Morgan fingerprint density at radius 3 is 2.70 bits per heavy atom. The highest BCUT2D eigenvalue weighted by atomic mass is 16.5. The Bertz CT molecular complexity index is 580. The van der Waals surface area contributed by atoms with Crippen molar-refractivity contribution in [2.45, 2.75) is 70.9 Å². The van der Waals surface area contributed by atoms with E-state index < -0.39 is 23.0 Å². The smallest absolute Gasteiger partial charge is 0.302 e. The van der Waals surface area contributed by atoms with Gasteiger partial charge in [0.15, 0.2) is 0 Å². The zero-order chi connectivity index (χ0) is 16.6. The van der Waals surface area contributed by atoms with E-state index in [-0.39, 0.29) is 30.2 Å². The van der Waals surface area contributed by atoms with Gasteiger partial charge in [0, 0.05) is 23.2 Å². The van der Waals surface area contributed by atoms with Crippen LogP contribution >= 0.6 is 0 Å². The summed E-state index contributed by atoms with van der Waals surface area (Å²) in [5.74, 6) is -0.312. The summed E-state index contributed by atoms with van der Waals surface area (Å²) in [5.41, 5.74) is 0.107. The van der Waals surface area contributed by atoms with Crippen molar-refractivity contribution < 1.29 is 24.5 Å². The van der Waals surface area contributed by atoms with Gasteiger partial charge in [-0.2, -0.15) is 0 Å². The van der Waals surface area contributed by atoms with Crippen LogP contribution in [0.3, 0.4) is 0 Å². The van der Waals surface area contributed by atoms with Crippen LogP contribution in [-0.4, -0.2) is 47.2 Å². The molecule has 0 aromatic carbocycles. The lowest BCUT2D eigenvalue weighted by Gasteiger charge is -2.59. The molecule has 0 radical (unpaired) electrons. The van der Waals surface area contributed by atoms with Crippen LogP contribution in [0.25, 0.3) is 0 Å². The van der Waals surface area contributed by atoms with Crippen molar-refractivity contribution in [1.82, 2.24) is 0 Å². The largest absolute Gasteiger partial charge is 0.465 e. The van der Waals surface area contributed by atoms with Crippen LogP contribution in [0.4, 0.5) is 0 Å². The van der Waals surface area contributed by atoms with Gasteiger partial charge >= 0.3 is 5.97 Å². The Hall–Kier alpha value is -0.910. The minimum absolute atomic E-state index is 0.179. The van der Waals surface area contributed by atoms with E-state index >= 15 is 0 Å². The molecule has 5 heteroatoms. The quantitative estimate of drug-likeness (QED) is 0.596. The number of ether oxygens (including phenoxy) is 2. The summed E-state index contributed by atoms with van der Waals surface area (Å²) >= 11 is 0. The normalized spacial score (nSPS) is 49.5. The van der Waals surface area contributed by atoms with E-state index in [4.69, 9.17) is 9.47 Å². The van der Waals surface area contributed by atoms with E-state index in [2.05, 4.69) is 19.9 Å². The number of hydrogen-bond acceptors (Lipinski definition) is 5. The molecule has 5 unspecified atom stereocenters. The first-order chi connectivity index (χ1) is 10.8. The predicted octanol–water partition coefficient (Wildman–Crippen LogP) is 1.57. The van der Waals surface area contributed by atoms with E-state index in [1.54, 1.807) is 0 Å². The highest BCUT2D eigenvalue weighted by Gasteiger charge is 2.82. The molecule has 0 amide bonds. The summed E-state index contributed by atoms with van der Waals surface area (Å²) < 4.78 is 11.8. The minimum Gasteiger partial charge on any atom is -0.465 e. The first-order valence-electron chi connectivity index (χ1n) is 8.61. The average molecular weight is 322 g/mol. The molecule has 0 aromatic rings. The molecule has 1 saturated heterocycles. The van der Waals surface area contributed by atoms with E-state index in [1.165, 1.54) is 12.5 Å². The molecule has 1 spiro atoms. The maximum atomic E-state index is 11.5. The molecular weight excluding hydrogens is 296 g/mol. The first-order valence-corrected chi connectivity index (χ1v) is 8.61. The predicted molar refractivity (Wildman–Crippen MR) is 82.5 cm³/mol. The van der Waals surface area contributed by atoms with Crippen molar-refractivity contribution in [1.29, 1.82) is 0 Å². The third-order valence-corrected chi connectivity index (χ3v) is 7.40. The van der Waals surface area contributed by atoms with Crippen molar-refractivity contribution in [3.8, 4) is 0 Å². The van der Waals surface area contributed by atoms with E-state index in [1.807, 2.05) is 0 Å². The molecule has 23 heavy (non-hydrogen) atoms. The van der Waals surface area contributed by atoms with Crippen LogP contribution in [0.2, 0.25) is 0 Å². The fourth-order valence-corrected chi connectivity index (χ4v) is 5.84. The number of fused-ring (bicyclic) bond motifs is 2. The second-order valence-electron chi connectivity index (χ2n) is 8.22. The Labute approximate surface area is 136 Å². The Morgan fingerprint density at radius 1 is 1.39 bits per heavy atom. The van der Waals surface area contributed by atoms with E-state index in [9.17, 15) is 15.0 Å². The molecule has 5 nitrogen and oxygen atoms in total. The standard InChI is InChI=1S/C18H26O5/c1-10-4-5-18(9-22-11(2)19)12(8-10)23-15-13(20)14(21)16(18,3)17(15)6-7-17/h8,12-15,20-21H,4-7,9H2,1-3H3/t12?,13?,14?,15?,16-,18?/m1/s1. The SMILES string of the molecule is CC(=O)OCC12CCC(C)=CC1OC1C(O)C(O)[C@]2(C)C12CC2. The lowest BCUT2D eigenvalue weighted by atomic mass is 9.50. The number of rotatable bonds is 2. The van der Waals surface area contributed by atoms with Gasteiger partial charge in [0.05, 0.1) is 18.3 Å². The maximum absolute atomic E-state index is 11.5. The first kappa shape index (κ1) is 15.6. The van der Waals surface area contributed by atoms with Gasteiger partial charge in [-0.3, -0.25) is 4.79 Å². The fraction of sp³-hybridized carbons (Fsp3) is 0.833. The molecular formula is C18H26O5. The Kier molecular flexibility index (Phi) is 3.11. The van der Waals surface area contributed by atoms with E-state index in [0.717, 1.165) is 25.7 Å². The molecule has 1 heterocycles. The van der Waals surface area contributed by atoms with Gasteiger partial charge in [-0.15, -0.1) is 0 Å². The summed E-state index contributed by atoms with van der Waals surface area (Å²) in [5, 5.41) is 21.6. The van der Waals surface area contributed by atoms with Crippen molar-refractivity contribution in [3.63, 3.8) is 0 Å². The number of allylic oxidation sites excluding steroid dienone is 1. The molecule has 6 atom stereocenters. The van der Waals surface area contributed by atoms with Gasteiger partial charge in [-0.1, -0.05) is 18.6 Å². The summed E-state index contributed by atoms with van der Waals surface area (Å²) in [4.78, 5) is 11.5. The van der Waals surface area contributed by atoms with E-state index in [0.29, 0.717) is 0 Å². The third kappa shape index (κ3) is 1.66. The van der Waals surface area contributed by atoms with Crippen LogP contribution in [0, 0.1) is 16.2 Å². The summed E-state index contributed by atoms with van der Waals surface area (Å²) in [6.07, 6.45) is 3.49. The van der Waals surface area contributed by atoms with Crippen molar-refractivity contribution >= 4 is 5.97 Å². The molecule has 4 aliphatic rings. The third-order valence-electron chi connectivity index (χ3n) is 7.40. The Balaban J connectivity index is 1.85. The van der Waals surface area contributed by atoms with Crippen LogP contribution in [0.15, 0.2) is 11.6 Å². The molecule has 3 aliphatic carbocycles. The summed E-state index contributed by atoms with van der Waals surface area (Å²) in [6.45, 7) is 5.82. The molecule has 2 saturated carbocycles. The van der Waals surface area contributed by atoms with Gasteiger partial charge in [0.1, 0.15) is 12.7 Å². The van der Waals surface area contributed by atoms with Crippen LogP contribution in [-0.2, 0) is 14.3 Å². The minimum atomic E-state index is -0.865. The number of carbonyl (C=O) groups is 1. The van der Waals surface area contributed by atoms with Gasteiger partial charge < -0.3 is 19.7 Å². The van der Waals surface area contributed by atoms with Gasteiger partial charge in [-0.05, 0) is 32.6 Å². The monoisotopic (exact) mass is 322 g/mol. The van der Waals surface area contributed by atoms with Gasteiger partial charge in [-0.25, -0.2) is 0 Å². The van der Waals surface area contributed by atoms with Crippen molar-refractivity contribution in [2.24, 2.45) is 16.2 Å². The van der Waals surface area contributed by atoms with Gasteiger partial charge in [0.2, 0.25) is 0 Å². The van der Waals surface area contributed by atoms with Crippen molar-refractivity contribution in [2.75, 3.05) is 6.61 Å². The van der Waals surface area contributed by atoms with Crippen LogP contribution < -0.4 is 0 Å². The number of aliphatic hydroxyl groups excluding tert-OH is 2. The lowest BCUT2D eigenvalue weighted by Crippen LogP contribution is -2.63. The number of hydrogen-bond donors (Lipinski definition) is 2. The fourth-order valence-electron chi connectivity index (χ4n) is 5.84. The number of carbonyl (C=O) groups excluding carboxylic acids is 1. The summed E-state index contributed by atoms with van der Waals surface area (Å²) in [6, 6.07) is 0. The zero-order valence-corrected chi connectivity index (χ0v) is 14.0. The highest BCUT2D eigenvalue weighted by Crippen LogP contribution is 2.78. The van der Waals surface area contributed by atoms with Crippen LogP contribution in [0.1, 0.15) is 46.5 Å². The maximum Gasteiger partial charge on any atom is 0.302 e. The molecule has 1 aliphatic heterocycles. The topological polar surface area (TPSA) is 76.0 Å². The van der Waals surface area contributed by atoms with Gasteiger partial charge in [0.25, 0.3) is 0 Å². The molecule has 0 aromatic heterocycles. The molecule has 2 N–H and O–H groups in total. The zero-order valence-electron chi connectivity index (χ0n) is 14.0. The lowest BCUT2D eigenvalue weighted by molar-refractivity contribution is -0.234. The second-order valence-corrected chi connectivity index (χ2v) is 8.22. The average Bonchev–Trinajstić information content (AvgIpc) is 3.28.